The molecule has 0 spiro atoms. The van der Waals surface area contributed by atoms with E-state index in [0.717, 1.165) is 13.1 Å². The average Bonchev–Trinajstić information content (AvgIpc) is 2.30. The van der Waals surface area contributed by atoms with Crippen LogP contribution in [0.25, 0.3) is 0 Å². The molecule has 82 valence electrons. The van der Waals surface area contributed by atoms with Gasteiger partial charge in [-0.05, 0) is 13.8 Å². The fraction of sp³-hybridized carbons (Fsp3) is 0.444. The van der Waals surface area contributed by atoms with Crippen LogP contribution in [0.15, 0.2) is 17.5 Å². The summed E-state index contributed by atoms with van der Waals surface area (Å²) < 4.78 is 0. The number of hydrogen-bond acceptors (Lipinski definition) is 5. The first-order valence-corrected chi connectivity index (χ1v) is 4.78. The maximum atomic E-state index is 8.62. The lowest BCUT2D eigenvalue weighted by atomic mass is 10.3. The van der Waals surface area contributed by atoms with Crippen molar-refractivity contribution in [3.63, 3.8) is 0 Å². The number of rotatable bonds is 4. The van der Waals surface area contributed by atoms with E-state index < -0.39 is 0 Å². The van der Waals surface area contributed by atoms with Crippen LogP contribution >= 0.6 is 0 Å². The van der Waals surface area contributed by atoms with Gasteiger partial charge in [0.25, 0.3) is 0 Å². The molecule has 0 fully saturated rings. The molecule has 6 heteroatoms. The van der Waals surface area contributed by atoms with Gasteiger partial charge in [0.2, 0.25) is 0 Å². The minimum atomic E-state index is -0.0231. The zero-order chi connectivity index (χ0) is 11.3. The van der Waals surface area contributed by atoms with Crippen molar-refractivity contribution in [1.82, 2.24) is 9.97 Å². The number of nitrogens with zero attached hydrogens (tertiary/aromatic N) is 4. The molecule has 0 aliphatic heterocycles. The molecular weight excluding hydrogens is 194 g/mol. The van der Waals surface area contributed by atoms with Gasteiger partial charge in [0, 0.05) is 25.5 Å². The fourth-order valence-electron chi connectivity index (χ4n) is 1.31. The summed E-state index contributed by atoms with van der Waals surface area (Å²) in [4.78, 5) is 10.2. The first kappa shape index (κ1) is 11.2. The summed E-state index contributed by atoms with van der Waals surface area (Å²) in [6.45, 7) is 5.60. The molecule has 0 saturated carbocycles. The second-order valence-electron chi connectivity index (χ2n) is 2.89. The maximum Gasteiger partial charge on any atom is 0.192 e. The first-order valence-electron chi connectivity index (χ1n) is 4.78. The van der Waals surface area contributed by atoms with Crippen molar-refractivity contribution in [1.29, 1.82) is 0 Å². The molecule has 1 aromatic heterocycles. The summed E-state index contributed by atoms with van der Waals surface area (Å²) in [6.07, 6.45) is 3.10. The van der Waals surface area contributed by atoms with Gasteiger partial charge in [-0.2, -0.15) is 0 Å². The number of nitrogens with two attached hydrogens (primary N) is 1. The third-order valence-electron chi connectivity index (χ3n) is 2.09. The summed E-state index contributed by atoms with van der Waals surface area (Å²) in [5.41, 5.74) is 5.92. The van der Waals surface area contributed by atoms with E-state index >= 15 is 0 Å². The number of amidine groups is 1. The molecule has 0 atom stereocenters. The lowest BCUT2D eigenvalue weighted by molar-refractivity contribution is 0.318. The van der Waals surface area contributed by atoms with E-state index in [2.05, 4.69) is 15.1 Å². The molecule has 1 aromatic rings. The van der Waals surface area contributed by atoms with Gasteiger partial charge in [-0.25, -0.2) is 9.97 Å². The summed E-state index contributed by atoms with van der Waals surface area (Å²) >= 11 is 0. The van der Waals surface area contributed by atoms with E-state index in [1.54, 1.807) is 6.20 Å². The second kappa shape index (κ2) is 5.14. The van der Waals surface area contributed by atoms with Gasteiger partial charge in [0.1, 0.15) is 0 Å². The zero-order valence-electron chi connectivity index (χ0n) is 8.88. The Bertz CT molecular complexity index is 348. The van der Waals surface area contributed by atoms with Crippen LogP contribution in [0.3, 0.4) is 0 Å². The third-order valence-corrected chi connectivity index (χ3v) is 2.09. The number of aromatic nitrogens is 2. The Labute approximate surface area is 88.4 Å². The Morgan fingerprint density at radius 3 is 2.53 bits per heavy atom. The molecule has 0 unspecified atom stereocenters. The third kappa shape index (κ3) is 2.34. The second-order valence-corrected chi connectivity index (χ2v) is 2.89. The molecule has 0 aliphatic rings. The summed E-state index contributed by atoms with van der Waals surface area (Å²) in [7, 11) is 0. The summed E-state index contributed by atoms with van der Waals surface area (Å²) in [6, 6.07) is 0. The van der Waals surface area contributed by atoms with Crippen molar-refractivity contribution in [3.8, 4) is 0 Å². The number of hydrogen-bond donors (Lipinski definition) is 2. The normalized spacial score (nSPS) is 11.5. The van der Waals surface area contributed by atoms with E-state index in [9.17, 15) is 0 Å². The molecule has 0 aliphatic carbocycles. The number of anilines is 1. The summed E-state index contributed by atoms with van der Waals surface area (Å²) in [5.74, 6) is 0.614. The van der Waals surface area contributed by atoms with Crippen molar-refractivity contribution in [2.24, 2.45) is 10.9 Å². The molecule has 0 aromatic carbocycles. The average molecular weight is 209 g/mol. The molecule has 6 nitrogen and oxygen atoms in total. The van der Waals surface area contributed by atoms with E-state index in [1.807, 2.05) is 18.7 Å². The van der Waals surface area contributed by atoms with Gasteiger partial charge < -0.3 is 15.8 Å². The van der Waals surface area contributed by atoms with Gasteiger partial charge in [-0.1, -0.05) is 5.16 Å². The topological polar surface area (TPSA) is 87.6 Å². The van der Waals surface area contributed by atoms with E-state index in [4.69, 9.17) is 10.9 Å². The monoisotopic (exact) mass is 209 g/mol. The van der Waals surface area contributed by atoms with Crippen molar-refractivity contribution in [3.05, 3.63) is 18.1 Å². The van der Waals surface area contributed by atoms with Crippen molar-refractivity contribution >= 4 is 11.7 Å². The van der Waals surface area contributed by atoms with Crippen LogP contribution in [0.5, 0.6) is 0 Å². The summed E-state index contributed by atoms with van der Waals surface area (Å²) in [5, 5.41) is 11.6. The Kier molecular flexibility index (Phi) is 3.84. The van der Waals surface area contributed by atoms with Crippen LogP contribution in [0.4, 0.5) is 5.82 Å². The highest BCUT2D eigenvalue weighted by atomic mass is 16.4. The zero-order valence-corrected chi connectivity index (χ0v) is 8.88. The lowest BCUT2D eigenvalue weighted by Gasteiger charge is -2.21. The molecule has 0 saturated heterocycles. The van der Waals surface area contributed by atoms with Crippen molar-refractivity contribution in [2.45, 2.75) is 13.8 Å². The number of oxime groups is 1. The molecule has 0 bridgehead atoms. The largest absolute Gasteiger partial charge is 0.409 e. The van der Waals surface area contributed by atoms with E-state index in [1.165, 1.54) is 6.20 Å². The maximum absolute atomic E-state index is 8.62. The van der Waals surface area contributed by atoms with Crippen LogP contribution in [0.2, 0.25) is 0 Å². The van der Waals surface area contributed by atoms with Crippen LogP contribution in [0, 0.1) is 0 Å². The highest BCUT2D eigenvalue weighted by Crippen LogP contribution is 2.13. The SMILES string of the molecule is CCN(CC)c1nccnc1C(N)=NO. The van der Waals surface area contributed by atoms with Crippen LogP contribution in [0.1, 0.15) is 19.5 Å². The van der Waals surface area contributed by atoms with E-state index in [0.29, 0.717) is 11.5 Å². The van der Waals surface area contributed by atoms with Crippen LogP contribution in [-0.2, 0) is 0 Å². The minimum Gasteiger partial charge on any atom is -0.409 e. The Balaban J connectivity index is 3.16. The highest BCUT2D eigenvalue weighted by Gasteiger charge is 2.13. The molecule has 1 rings (SSSR count). The van der Waals surface area contributed by atoms with Gasteiger partial charge >= 0.3 is 0 Å². The lowest BCUT2D eigenvalue weighted by Crippen LogP contribution is -2.28. The minimum absolute atomic E-state index is 0.0231. The predicted octanol–water partition coefficient (Wildman–Crippen LogP) is 0.417. The van der Waals surface area contributed by atoms with Gasteiger partial charge in [0.15, 0.2) is 17.3 Å². The van der Waals surface area contributed by atoms with Crippen LogP contribution < -0.4 is 10.6 Å². The molecule has 3 N–H and O–H groups in total. The van der Waals surface area contributed by atoms with Gasteiger partial charge in [-0.15, -0.1) is 0 Å². The van der Waals surface area contributed by atoms with Gasteiger partial charge in [-0.3, -0.25) is 0 Å². The predicted molar refractivity (Wildman–Crippen MR) is 58.1 cm³/mol. The Morgan fingerprint density at radius 1 is 1.40 bits per heavy atom. The Morgan fingerprint density at radius 2 is 2.00 bits per heavy atom. The van der Waals surface area contributed by atoms with Crippen molar-refractivity contribution in [2.75, 3.05) is 18.0 Å². The van der Waals surface area contributed by atoms with Crippen LogP contribution in [-0.4, -0.2) is 34.1 Å². The molecular formula is C9H15N5O. The highest BCUT2D eigenvalue weighted by molar-refractivity contribution is 5.99. The van der Waals surface area contributed by atoms with Gasteiger partial charge in [0.05, 0.1) is 0 Å². The molecule has 1 heterocycles. The fourth-order valence-corrected chi connectivity index (χ4v) is 1.31. The molecule has 15 heavy (non-hydrogen) atoms. The van der Waals surface area contributed by atoms with Crippen molar-refractivity contribution < 1.29 is 5.21 Å². The Hall–Kier alpha value is -1.85. The quantitative estimate of drug-likeness (QED) is 0.325. The molecule has 0 amide bonds. The first-order chi connectivity index (χ1) is 7.24. The van der Waals surface area contributed by atoms with E-state index in [-0.39, 0.29) is 5.84 Å². The molecule has 0 radical (unpaired) electrons. The smallest absolute Gasteiger partial charge is 0.192 e. The standard InChI is InChI=1S/C9H15N5O/c1-3-14(4-2)9-7(8(10)13-15)11-5-6-12-9/h5-6,15H,3-4H2,1-2H3,(H2,10,13).